The molecule has 32 heavy (non-hydrogen) atoms. The van der Waals surface area contributed by atoms with Gasteiger partial charge in [0, 0.05) is 22.0 Å². The van der Waals surface area contributed by atoms with E-state index in [1.807, 2.05) is 54.7 Å². The number of anilines is 1. The van der Waals surface area contributed by atoms with Gasteiger partial charge in [0.2, 0.25) is 0 Å². The quantitative estimate of drug-likeness (QED) is 0.283. The van der Waals surface area contributed by atoms with Crippen LogP contribution in [0.15, 0.2) is 99.2 Å². The first-order valence-electron chi connectivity index (χ1n) is 10.2. The lowest BCUT2D eigenvalue weighted by Crippen LogP contribution is -2.12. The summed E-state index contributed by atoms with van der Waals surface area (Å²) in [6.07, 6.45) is 3.99. The lowest BCUT2D eigenvalue weighted by molar-refractivity contribution is 0.465. The molecule has 0 saturated heterocycles. The molecule has 3 heterocycles. The number of hydrogen-bond donors (Lipinski definition) is 3. The van der Waals surface area contributed by atoms with Crippen LogP contribution in [0.2, 0.25) is 0 Å². The average Bonchev–Trinajstić information content (AvgIpc) is 3.14. The lowest BCUT2D eigenvalue weighted by atomic mass is 10.0. The Bertz CT molecular complexity index is 1580. The number of aromatic nitrogens is 1. The van der Waals surface area contributed by atoms with Crippen LogP contribution in [-0.2, 0) is 0 Å². The van der Waals surface area contributed by atoms with Crippen LogP contribution in [0.1, 0.15) is 16.4 Å². The van der Waals surface area contributed by atoms with Gasteiger partial charge in [0.25, 0.3) is 0 Å². The third-order valence-electron chi connectivity index (χ3n) is 5.71. The van der Waals surface area contributed by atoms with Crippen LogP contribution < -0.4 is 10.9 Å². The van der Waals surface area contributed by atoms with Gasteiger partial charge < -0.3 is 19.8 Å². The molecule has 6 heteroatoms. The maximum absolute atomic E-state index is 13.0. The molecule has 1 aliphatic heterocycles. The van der Waals surface area contributed by atoms with Gasteiger partial charge in [-0.3, -0.25) is 0 Å². The summed E-state index contributed by atoms with van der Waals surface area (Å²) in [6.45, 7) is 0. The summed E-state index contributed by atoms with van der Waals surface area (Å²) < 4.78 is 5.54. The number of fused-ring (bicyclic) bond motifs is 3. The monoisotopic (exact) mass is 438 g/mol. The van der Waals surface area contributed by atoms with Crippen LogP contribution in [0.3, 0.4) is 0 Å². The summed E-state index contributed by atoms with van der Waals surface area (Å²) in [6, 6.07) is 23.1. The first-order valence-corrected chi connectivity index (χ1v) is 11.1. The molecular weight excluding hydrogens is 420 g/mol. The average molecular weight is 439 g/mol. The Hall–Kier alpha value is -3.90. The molecule has 2 aromatic heterocycles. The van der Waals surface area contributed by atoms with Crippen LogP contribution in [0.5, 0.6) is 5.75 Å². The first kappa shape index (κ1) is 18.8. The van der Waals surface area contributed by atoms with Crippen LogP contribution in [0, 0.1) is 0 Å². The predicted molar refractivity (Wildman–Crippen MR) is 129 cm³/mol. The zero-order chi connectivity index (χ0) is 21.7. The number of rotatable bonds is 2. The summed E-state index contributed by atoms with van der Waals surface area (Å²) in [7, 11) is 0. The SMILES string of the molecule is O=c1oc2ccccc2c(O)c1C1=CC(c2c[nH]c3ccccc23)Sc2ccccc2N1. The van der Waals surface area contributed by atoms with Crippen molar-refractivity contribution in [3.8, 4) is 5.75 Å². The van der Waals surface area contributed by atoms with Crippen molar-refractivity contribution < 1.29 is 9.52 Å². The Morgan fingerprint density at radius 2 is 1.66 bits per heavy atom. The number of aromatic hydroxyl groups is 1. The number of para-hydroxylation sites is 3. The summed E-state index contributed by atoms with van der Waals surface area (Å²) in [5.74, 6) is -0.0855. The molecule has 5 nitrogen and oxygen atoms in total. The smallest absolute Gasteiger partial charge is 0.349 e. The maximum Gasteiger partial charge on any atom is 0.349 e. The fraction of sp³-hybridized carbons (Fsp3) is 0.0385. The van der Waals surface area contributed by atoms with Crippen LogP contribution in [0.25, 0.3) is 27.6 Å². The molecule has 156 valence electrons. The molecule has 0 aliphatic carbocycles. The molecule has 1 atom stereocenters. The van der Waals surface area contributed by atoms with Crippen molar-refractivity contribution in [2.45, 2.75) is 10.1 Å². The van der Waals surface area contributed by atoms with Gasteiger partial charge in [-0.25, -0.2) is 4.79 Å². The van der Waals surface area contributed by atoms with E-state index in [1.54, 1.807) is 36.0 Å². The Labute approximate surface area is 187 Å². The van der Waals surface area contributed by atoms with Crippen molar-refractivity contribution in [2.24, 2.45) is 0 Å². The molecule has 0 bridgehead atoms. The molecule has 0 saturated carbocycles. The first-order chi connectivity index (χ1) is 15.7. The van der Waals surface area contributed by atoms with E-state index in [2.05, 4.69) is 16.4 Å². The van der Waals surface area contributed by atoms with Crippen LogP contribution in [0.4, 0.5) is 5.69 Å². The molecule has 0 spiro atoms. The Kier molecular flexibility index (Phi) is 4.33. The molecule has 0 fully saturated rings. The number of H-pyrrole nitrogens is 1. The van der Waals surface area contributed by atoms with Gasteiger partial charge >= 0.3 is 5.63 Å². The van der Waals surface area contributed by atoms with E-state index in [9.17, 15) is 9.90 Å². The van der Waals surface area contributed by atoms with E-state index in [1.165, 1.54) is 0 Å². The van der Waals surface area contributed by atoms with Gasteiger partial charge in [-0.1, -0.05) is 42.5 Å². The van der Waals surface area contributed by atoms with Crippen LogP contribution in [-0.4, -0.2) is 10.1 Å². The second-order valence-electron chi connectivity index (χ2n) is 7.64. The van der Waals surface area contributed by atoms with Gasteiger partial charge in [0.15, 0.2) is 0 Å². The van der Waals surface area contributed by atoms with Crippen molar-refractivity contribution in [3.05, 3.63) is 107 Å². The lowest BCUT2D eigenvalue weighted by Gasteiger charge is -2.13. The number of benzene rings is 3. The molecule has 3 aromatic carbocycles. The minimum Gasteiger partial charge on any atom is -0.506 e. The normalized spacial score (nSPS) is 15.8. The van der Waals surface area contributed by atoms with Gasteiger partial charge in [-0.15, -0.1) is 11.8 Å². The van der Waals surface area contributed by atoms with Crippen molar-refractivity contribution >= 4 is 45.0 Å². The van der Waals surface area contributed by atoms with E-state index < -0.39 is 5.63 Å². The standard InChI is InChI=1S/C26H18N2O3S/c29-25-16-8-2-5-11-21(16)31-26(30)24(25)20-13-23(32-22-12-6-4-10-19(22)28-20)17-14-27-18-9-3-1-7-15(17)18/h1-14,23,27-29H. The third-order valence-corrected chi connectivity index (χ3v) is 6.97. The fourth-order valence-corrected chi connectivity index (χ4v) is 5.38. The maximum atomic E-state index is 13.0. The predicted octanol–water partition coefficient (Wildman–Crippen LogP) is 6.28. The highest BCUT2D eigenvalue weighted by atomic mass is 32.2. The number of aromatic amines is 1. The van der Waals surface area contributed by atoms with Crippen molar-refractivity contribution in [3.63, 3.8) is 0 Å². The Balaban J connectivity index is 1.59. The summed E-state index contributed by atoms with van der Waals surface area (Å²) in [4.78, 5) is 17.4. The van der Waals surface area contributed by atoms with E-state index in [4.69, 9.17) is 4.42 Å². The molecule has 0 amide bonds. The number of hydrogen-bond acceptors (Lipinski definition) is 5. The van der Waals surface area contributed by atoms with Crippen LogP contribution >= 0.6 is 11.8 Å². The van der Waals surface area contributed by atoms with Gasteiger partial charge in [-0.05, 0) is 42.0 Å². The molecule has 6 rings (SSSR count). The number of nitrogens with one attached hydrogen (secondary N) is 2. The van der Waals surface area contributed by atoms with E-state index in [0.29, 0.717) is 16.7 Å². The minimum atomic E-state index is -0.581. The molecule has 1 aliphatic rings. The molecule has 5 aromatic rings. The van der Waals surface area contributed by atoms with E-state index >= 15 is 0 Å². The largest absolute Gasteiger partial charge is 0.506 e. The topological polar surface area (TPSA) is 78.3 Å². The highest BCUT2D eigenvalue weighted by molar-refractivity contribution is 7.99. The summed E-state index contributed by atoms with van der Waals surface area (Å²) >= 11 is 1.69. The van der Waals surface area contributed by atoms with E-state index in [0.717, 1.165) is 27.0 Å². The third kappa shape index (κ3) is 2.99. The van der Waals surface area contributed by atoms with Crippen molar-refractivity contribution in [1.82, 2.24) is 4.98 Å². The van der Waals surface area contributed by atoms with Gasteiger partial charge in [0.1, 0.15) is 16.9 Å². The highest BCUT2D eigenvalue weighted by Gasteiger charge is 2.25. The fourth-order valence-electron chi connectivity index (χ4n) is 4.18. The molecule has 1 unspecified atom stereocenters. The minimum absolute atomic E-state index is 0.0855. The molecular formula is C26H18N2O3S. The zero-order valence-electron chi connectivity index (χ0n) is 16.8. The second-order valence-corrected chi connectivity index (χ2v) is 8.82. The highest BCUT2D eigenvalue weighted by Crippen LogP contribution is 2.47. The second kappa shape index (κ2) is 7.35. The van der Waals surface area contributed by atoms with Gasteiger partial charge in [-0.2, -0.15) is 0 Å². The molecule has 0 radical (unpaired) electrons. The Morgan fingerprint density at radius 3 is 2.56 bits per heavy atom. The summed E-state index contributed by atoms with van der Waals surface area (Å²) in [5, 5.41) is 16.0. The van der Waals surface area contributed by atoms with E-state index in [-0.39, 0.29) is 16.6 Å². The summed E-state index contributed by atoms with van der Waals surface area (Å²) in [5.41, 5.74) is 3.46. The number of thioether (sulfide) groups is 1. The van der Waals surface area contributed by atoms with Gasteiger partial charge in [0.05, 0.1) is 22.0 Å². The van der Waals surface area contributed by atoms with Crippen molar-refractivity contribution in [2.75, 3.05) is 5.32 Å². The molecule has 3 N–H and O–H groups in total. The Morgan fingerprint density at radius 1 is 0.906 bits per heavy atom. The zero-order valence-corrected chi connectivity index (χ0v) is 17.6. The van der Waals surface area contributed by atoms with Crippen molar-refractivity contribution in [1.29, 1.82) is 0 Å².